The van der Waals surface area contributed by atoms with Gasteiger partial charge < -0.3 is 14.6 Å². The van der Waals surface area contributed by atoms with E-state index in [0.717, 1.165) is 0 Å². The fraction of sp³-hybridized carbons (Fsp3) is 0.600. The number of rotatable bonds is 5. The summed E-state index contributed by atoms with van der Waals surface area (Å²) in [5.41, 5.74) is 0.479. The fourth-order valence-corrected chi connectivity index (χ4v) is 1.30. The predicted octanol–water partition coefficient (Wildman–Crippen LogP) is 0.174. The Kier molecular flexibility index (Phi) is 4.30. The van der Waals surface area contributed by atoms with E-state index in [-0.39, 0.29) is 37.8 Å². The summed E-state index contributed by atoms with van der Waals surface area (Å²) in [6.45, 7) is 0.276. The van der Waals surface area contributed by atoms with Crippen LogP contribution in [0.2, 0.25) is 0 Å². The Morgan fingerprint density at radius 3 is 3.00 bits per heavy atom. The van der Waals surface area contributed by atoms with Crippen LogP contribution in [0.4, 0.5) is 0 Å². The molecule has 5 nitrogen and oxygen atoms in total. The maximum absolute atomic E-state index is 11.0. The summed E-state index contributed by atoms with van der Waals surface area (Å²) < 4.78 is 9.11. The molecule has 1 unspecified atom stereocenters. The zero-order chi connectivity index (χ0) is 11.3. The largest absolute Gasteiger partial charge is 0.469 e. The van der Waals surface area contributed by atoms with E-state index in [1.807, 2.05) is 0 Å². The van der Waals surface area contributed by atoms with E-state index >= 15 is 0 Å². The lowest BCUT2D eigenvalue weighted by atomic mass is 10.1. The van der Waals surface area contributed by atoms with Crippen molar-refractivity contribution in [1.29, 1.82) is 0 Å². The third kappa shape index (κ3) is 3.71. The lowest BCUT2D eigenvalue weighted by Gasteiger charge is -2.08. The van der Waals surface area contributed by atoms with Crippen molar-refractivity contribution in [1.82, 2.24) is 0 Å². The van der Waals surface area contributed by atoms with E-state index < -0.39 is 6.10 Å². The van der Waals surface area contributed by atoms with Crippen LogP contribution in [0.1, 0.15) is 19.3 Å². The number of hydrogen-bond donors (Lipinski definition) is 1. The number of carbonyl (C=O) groups excluding carboxylic acids is 2. The zero-order valence-electron chi connectivity index (χ0n) is 8.56. The highest BCUT2D eigenvalue weighted by molar-refractivity contribution is 5.90. The summed E-state index contributed by atoms with van der Waals surface area (Å²) in [7, 11) is 1.30. The second-order valence-corrected chi connectivity index (χ2v) is 3.30. The Balaban J connectivity index is 2.27. The molecule has 0 saturated carbocycles. The van der Waals surface area contributed by atoms with Crippen LogP contribution in [0.3, 0.4) is 0 Å². The fourth-order valence-electron chi connectivity index (χ4n) is 1.30. The van der Waals surface area contributed by atoms with Gasteiger partial charge >= 0.3 is 11.9 Å². The number of esters is 2. The van der Waals surface area contributed by atoms with Gasteiger partial charge in [0.25, 0.3) is 0 Å². The zero-order valence-corrected chi connectivity index (χ0v) is 8.56. The van der Waals surface area contributed by atoms with Crippen molar-refractivity contribution >= 4 is 11.9 Å². The first-order valence-corrected chi connectivity index (χ1v) is 4.74. The molecule has 0 aromatic heterocycles. The first kappa shape index (κ1) is 11.7. The first-order valence-electron chi connectivity index (χ1n) is 4.74. The molecule has 1 N–H and O–H groups in total. The summed E-state index contributed by atoms with van der Waals surface area (Å²) in [4.78, 5) is 21.8. The highest BCUT2D eigenvalue weighted by atomic mass is 16.5. The van der Waals surface area contributed by atoms with E-state index in [9.17, 15) is 14.7 Å². The molecule has 0 bridgehead atoms. The number of carbonyl (C=O) groups is 2. The van der Waals surface area contributed by atoms with Crippen LogP contribution in [0.25, 0.3) is 0 Å². The normalized spacial score (nSPS) is 16.9. The van der Waals surface area contributed by atoms with Crippen LogP contribution in [0.15, 0.2) is 11.6 Å². The number of methoxy groups -OCH3 is 1. The third-order valence-electron chi connectivity index (χ3n) is 2.17. The second-order valence-electron chi connectivity index (χ2n) is 3.30. The molecule has 0 aliphatic carbocycles. The van der Waals surface area contributed by atoms with Gasteiger partial charge in [-0.25, -0.2) is 4.79 Å². The Morgan fingerprint density at radius 1 is 1.73 bits per heavy atom. The van der Waals surface area contributed by atoms with Gasteiger partial charge in [0.15, 0.2) is 0 Å². The standard InChI is InChI=1S/C10H14O5/c1-14-9(12)3-2-8(11)6-7-4-5-15-10(7)13/h4,8,11H,2-3,5-6H2,1H3. The highest BCUT2D eigenvalue weighted by Crippen LogP contribution is 2.15. The van der Waals surface area contributed by atoms with Crippen LogP contribution in [0, 0.1) is 0 Å². The molecule has 0 radical (unpaired) electrons. The smallest absolute Gasteiger partial charge is 0.334 e. The minimum Gasteiger partial charge on any atom is -0.469 e. The predicted molar refractivity (Wildman–Crippen MR) is 50.9 cm³/mol. The number of cyclic esters (lactones) is 1. The average molecular weight is 214 g/mol. The SMILES string of the molecule is COC(=O)CCC(O)CC1=CCOC1=O. The summed E-state index contributed by atoms with van der Waals surface area (Å²) in [6, 6.07) is 0. The van der Waals surface area contributed by atoms with Gasteiger partial charge in [0.1, 0.15) is 6.61 Å². The molecule has 1 atom stereocenters. The Morgan fingerprint density at radius 2 is 2.47 bits per heavy atom. The quantitative estimate of drug-likeness (QED) is 0.660. The number of hydrogen-bond acceptors (Lipinski definition) is 5. The lowest BCUT2D eigenvalue weighted by Crippen LogP contribution is -2.13. The van der Waals surface area contributed by atoms with Gasteiger partial charge in [-0.2, -0.15) is 0 Å². The van der Waals surface area contributed by atoms with Crippen molar-refractivity contribution in [3.8, 4) is 0 Å². The topological polar surface area (TPSA) is 72.8 Å². The monoisotopic (exact) mass is 214 g/mol. The van der Waals surface area contributed by atoms with Crippen LogP contribution >= 0.6 is 0 Å². The van der Waals surface area contributed by atoms with E-state index in [0.29, 0.717) is 5.57 Å². The highest BCUT2D eigenvalue weighted by Gasteiger charge is 2.20. The molecule has 15 heavy (non-hydrogen) atoms. The van der Waals surface area contributed by atoms with Crippen molar-refractivity contribution in [2.75, 3.05) is 13.7 Å². The van der Waals surface area contributed by atoms with Crippen molar-refractivity contribution in [3.63, 3.8) is 0 Å². The molecule has 0 amide bonds. The molecule has 0 spiro atoms. The lowest BCUT2D eigenvalue weighted by molar-refractivity contribution is -0.141. The maximum atomic E-state index is 11.0. The van der Waals surface area contributed by atoms with Crippen molar-refractivity contribution in [2.24, 2.45) is 0 Å². The van der Waals surface area contributed by atoms with E-state index in [2.05, 4.69) is 9.47 Å². The minimum absolute atomic E-state index is 0.153. The average Bonchev–Trinajstić information content (AvgIpc) is 2.61. The van der Waals surface area contributed by atoms with Crippen molar-refractivity contribution in [2.45, 2.75) is 25.4 Å². The molecule has 0 aromatic carbocycles. The molecular weight excluding hydrogens is 200 g/mol. The minimum atomic E-state index is -0.707. The molecule has 1 aliphatic rings. The first-order chi connectivity index (χ1) is 7.13. The van der Waals surface area contributed by atoms with Crippen molar-refractivity contribution in [3.05, 3.63) is 11.6 Å². The van der Waals surface area contributed by atoms with E-state index in [1.54, 1.807) is 6.08 Å². The van der Waals surface area contributed by atoms with Gasteiger partial charge in [-0.15, -0.1) is 0 Å². The van der Waals surface area contributed by atoms with Gasteiger partial charge in [0.2, 0.25) is 0 Å². The van der Waals surface area contributed by atoms with Gasteiger partial charge in [-0.3, -0.25) is 4.79 Å². The van der Waals surface area contributed by atoms with E-state index in [1.165, 1.54) is 7.11 Å². The van der Waals surface area contributed by atoms with E-state index in [4.69, 9.17) is 0 Å². The number of aliphatic hydroxyl groups excluding tert-OH is 1. The summed E-state index contributed by atoms with van der Waals surface area (Å²) in [6.07, 6.45) is 1.61. The molecule has 84 valence electrons. The van der Waals surface area contributed by atoms with Crippen LogP contribution in [-0.2, 0) is 19.1 Å². The van der Waals surface area contributed by atoms with Crippen LogP contribution in [0.5, 0.6) is 0 Å². The summed E-state index contributed by atoms with van der Waals surface area (Å²) in [5.74, 6) is -0.746. The Hall–Kier alpha value is -1.36. The molecule has 0 saturated heterocycles. The molecule has 0 fully saturated rings. The Labute approximate surface area is 87.7 Å². The molecule has 1 aliphatic heterocycles. The molecular formula is C10H14O5. The molecule has 0 aromatic rings. The number of aliphatic hydroxyl groups is 1. The van der Waals surface area contributed by atoms with Crippen LogP contribution in [-0.4, -0.2) is 36.9 Å². The van der Waals surface area contributed by atoms with Crippen LogP contribution < -0.4 is 0 Å². The van der Waals surface area contributed by atoms with Gasteiger partial charge in [-0.1, -0.05) is 0 Å². The van der Waals surface area contributed by atoms with Gasteiger partial charge in [0.05, 0.1) is 13.2 Å². The third-order valence-corrected chi connectivity index (χ3v) is 2.17. The Bertz CT molecular complexity index is 282. The molecule has 1 rings (SSSR count). The van der Waals surface area contributed by atoms with Gasteiger partial charge in [-0.05, 0) is 12.5 Å². The summed E-state index contributed by atoms with van der Waals surface area (Å²) in [5, 5.41) is 9.52. The molecule has 5 heteroatoms. The van der Waals surface area contributed by atoms with Crippen molar-refractivity contribution < 1.29 is 24.2 Å². The summed E-state index contributed by atoms with van der Waals surface area (Å²) >= 11 is 0. The second kappa shape index (κ2) is 5.50. The van der Waals surface area contributed by atoms with Gasteiger partial charge in [0, 0.05) is 18.4 Å². The number of ether oxygens (including phenoxy) is 2. The molecule has 1 heterocycles. The maximum Gasteiger partial charge on any atom is 0.334 e.